The van der Waals surface area contributed by atoms with Crippen LogP contribution in [0.4, 0.5) is 11.4 Å². The molecule has 0 heterocycles. The standard InChI is InChI=1S/C12H16N2O5S/c1-12(17,7-20-2)6-13-9-4-3-8(11(15)16)5-10(9)14(18)19/h3-5,13,17H,6-7H2,1-2H3,(H,15,16). The summed E-state index contributed by atoms with van der Waals surface area (Å²) in [6.07, 6.45) is 1.85. The van der Waals surface area contributed by atoms with Crippen molar-refractivity contribution in [1.82, 2.24) is 0 Å². The summed E-state index contributed by atoms with van der Waals surface area (Å²) >= 11 is 1.46. The van der Waals surface area contributed by atoms with Crippen molar-refractivity contribution in [2.24, 2.45) is 0 Å². The van der Waals surface area contributed by atoms with E-state index in [4.69, 9.17) is 5.11 Å². The maximum absolute atomic E-state index is 11.0. The lowest BCUT2D eigenvalue weighted by Gasteiger charge is -2.23. The molecule has 1 atom stereocenters. The Morgan fingerprint density at radius 1 is 1.55 bits per heavy atom. The monoisotopic (exact) mass is 300 g/mol. The zero-order valence-electron chi connectivity index (χ0n) is 11.1. The molecule has 0 bridgehead atoms. The quantitative estimate of drug-likeness (QED) is 0.520. The number of nitrogens with zero attached hydrogens (tertiary/aromatic N) is 1. The molecule has 1 aromatic rings. The van der Waals surface area contributed by atoms with Crippen molar-refractivity contribution in [1.29, 1.82) is 0 Å². The maximum Gasteiger partial charge on any atom is 0.335 e. The van der Waals surface area contributed by atoms with E-state index in [1.54, 1.807) is 6.92 Å². The van der Waals surface area contributed by atoms with Crippen molar-refractivity contribution in [3.8, 4) is 0 Å². The topological polar surface area (TPSA) is 113 Å². The van der Waals surface area contributed by atoms with Gasteiger partial charge in [0.1, 0.15) is 5.69 Å². The molecule has 110 valence electrons. The molecule has 7 nitrogen and oxygen atoms in total. The lowest BCUT2D eigenvalue weighted by Crippen LogP contribution is -2.36. The van der Waals surface area contributed by atoms with Gasteiger partial charge in [-0.3, -0.25) is 10.1 Å². The lowest BCUT2D eigenvalue weighted by molar-refractivity contribution is -0.384. The summed E-state index contributed by atoms with van der Waals surface area (Å²) in [5.74, 6) is -0.755. The highest BCUT2D eigenvalue weighted by molar-refractivity contribution is 7.98. The number of carbonyl (C=O) groups is 1. The number of hydrogen-bond acceptors (Lipinski definition) is 6. The highest BCUT2D eigenvalue weighted by atomic mass is 32.2. The van der Waals surface area contributed by atoms with E-state index in [1.165, 1.54) is 23.9 Å². The van der Waals surface area contributed by atoms with Crippen LogP contribution >= 0.6 is 11.8 Å². The minimum atomic E-state index is -1.23. The summed E-state index contributed by atoms with van der Waals surface area (Å²) in [4.78, 5) is 21.1. The van der Waals surface area contributed by atoms with E-state index >= 15 is 0 Å². The molecule has 0 fully saturated rings. The van der Waals surface area contributed by atoms with Crippen LogP contribution in [-0.2, 0) is 0 Å². The lowest BCUT2D eigenvalue weighted by atomic mass is 10.1. The molecule has 1 aromatic carbocycles. The number of nitro benzene ring substituents is 1. The van der Waals surface area contributed by atoms with Gasteiger partial charge in [0.05, 0.1) is 16.1 Å². The van der Waals surface area contributed by atoms with Gasteiger partial charge in [-0.05, 0) is 25.3 Å². The second-order valence-electron chi connectivity index (χ2n) is 4.58. The predicted molar refractivity (Wildman–Crippen MR) is 77.6 cm³/mol. The molecule has 0 saturated carbocycles. The molecule has 3 N–H and O–H groups in total. The van der Waals surface area contributed by atoms with Gasteiger partial charge in [0.25, 0.3) is 5.69 Å². The van der Waals surface area contributed by atoms with Gasteiger partial charge < -0.3 is 15.5 Å². The highest BCUT2D eigenvalue weighted by Gasteiger charge is 2.22. The molecule has 1 unspecified atom stereocenters. The Morgan fingerprint density at radius 2 is 2.20 bits per heavy atom. The second-order valence-corrected chi connectivity index (χ2v) is 5.44. The molecule has 0 radical (unpaired) electrons. The first-order valence-electron chi connectivity index (χ1n) is 5.74. The molecule has 0 aliphatic heterocycles. The van der Waals surface area contributed by atoms with Crippen molar-refractivity contribution in [3.63, 3.8) is 0 Å². The molecule has 0 saturated heterocycles. The Morgan fingerprint density at radius 3 is 2.70 bits per heavy atom. The van der Waals surface area contributed by atoms with Gasteiger partial charge in [0.2, 0.25) is 0 Å². The number of benzene rings is 1. The first-order valence-corrected chi connectivity index (χ1v) is 7.13. The van der Waals surface area contributed by atoms with Crippen LogP contribution in [0.2, 0.25) is 0 Å². The Balaban J connectivity index is 2.95. The van der Waals surface area contributed by atoms with Crippen LogP contribution in [0.25, 0.3) is 0 Å². The molecule has 8 heteroatoms. The van der Waals surface area contributed by atoms with E-state index in [0.717, 1.165) is 6.07 Å². The Bertz CT molecular complexity index is 519. The summed E-state index contributed by atoms with van der Waals surface area (Å²) < 4.78 is 0. The number of aromatic carboxylic acids is 1. The van der Waals surface area contributed by atoms with Crippen LogP contribution in [0, 0.1) is 10.1 Å². The molecule has 0 spiro atoms. The average molecular weight is 300 g/mol. The SMILES string of the molecule is CSCC(C)(O)CNc1ccc(C(=O)O)cc1[N+](=O)[O-]. The van der Waals surface area contributed by atoms with E-state index in [1.807, 2.05) is 6.26 Å². The van der Waals surface area contributed by atoms with Gasteiger partial charge in [-0.15, -0.1) is 0 Å². The predicted octanol–water partition coefficient (Wildman–Crippen LogP) is 1.82. The number of nitro groups is 1. The number of carboxylic acids is 1. The molecule has 20 heavy (non-hydrogen) atoms. The number of nitrogens with one attached hydrogen (secondary N) is 1. The molecule has 0 aromatic heterocycles. The number of hydrogen-bond donors (Lipinski definition) is 3. The minimum Gasteiger partial charge on any atom is -0.478 e. The fourth-order valence-corrected chi connectivity index (χ4v) is 2.34. The van der Waals surface area contributed by atoms with Crippen LogP contribution in [0.1, 0.15) is 17.3 Å². The first kappa shape index (κ1) is 16.3. The zero-order valence-corrected chi connectivity index (χ0v) is 11.9. The molecular formula is C12H16N2O5S. The number of rotatable bonds is 7. The van der Waals surface area contributed by atoms with E-state index in [0.29, 0.717) is 5.75 Å². The minimum absolute atomic E-state index is 0.126. The second kappa shape index (κ2) is 6.58. The third-order valence-corrected chi connectivity index (χ3v) is 3.47. The van der Waals surface area contributed by atoms with E-state index in [-0.39, 0.29) is 23.5 Å². The van der Waals surface area contributed by atoms with Crippen LogP contribution in [0.3, 0.4) is 0 Å². The van der Waals surface area contributed by atoms with Crippen molar-refractivity contribution >= 4 is 29.1 Å². The highest BCUT2D eigenvalue weighted by Crippen LogP contribution is 2.26. The average Bonchev–Trinajstić information content (AvgIpc) is 2.36. The molecule has 0 amide bonds. The summed E-state index contributed by atoms with van der Waals surface area (Å²) in [5, 5.41) is 32.6. The Hall–Kier alpha value is -1.80. The summed E-state index contributed by atoms with van der Waals surface area (Å²) in [6.45, 7) is 1.75. The van der Waals surface area contributed by atoms with Gasteiger partial charge in [0.15, 0.2) is 0 Å². The van der Waals surface area contributed by atoms with E-state index < -0.39 is 16.5 Å². The first-order chi connectivity index (χ1) is 9.26. The Labute approximate surface area is 120 Å². The Kier molecular flexibility index (Phi) is 5.34. The van der Waals surface area contributed by atoms with Gasteiger partial charge in [-0.1, -0.05) is 0 Å². The van der Waals surface area contributed by atoms with E-state index in [9.17, 15) is 20.0 Å². The summed E-state index contributed by atoms with van der Waals surface area (Å²) in [7, 11) is 0. The molecule has 1 rings (SSSR count). The summed E-state index contributed by atoms with van der Waals surface area (Å²) in [5.41, 5.74) is -1.32. The number of anilines is 1. The van der Waals surface area contributed by atoms with Crippen LogP contribution in [0.15, 0.2) is 18.2 Å². The van der Waals surface area contributed by atoms with Crippen LogP contribution in [0.5, 0.6) is 0 Å². The number of thioether (sulfide) groups is 1. The molecular weight excluding hydrogens is 284 g/mol. The number of carboxylic acid groups (broad SMARTS) is 1. The largest absolute Gasteiger partial charge is 0.478 e. The molecule has 0 aliphatic carbocycles. The van der Waals surface area contributed by atoms with E-state index in [2.05, 4.69) is 5.32 Å². The fraction of sp³-hybridized carbons (Fsp3) is 0.417. The van der Waals surface area contributed by atoms with Gasteiger partial charge in [0, 0.05) is 18.4 Å². The normalized spacial score (nSPS) is 13.6. The van der Waals surface area contributed by atoms with Crippen LogP contribution < -0.4 is 5.32 Å². The van der Waals surface area contributed by atoms with Gasteiger partial charge in [-0.25, -0.2) is 4.79 Å². The summed E-state index contributed by atoms with van der Waals surface area (Å²) in [6, 6.07) is 3.60. The third kappa shape index (κ3) is 4.39. The zero-order chi connectivity index (χ0) is 15.3. The molecule has 0 aliphatic rings. The maximum atomic E-state index is 11.0. The van der Waals surface area contributed by atoms with Gasteiger partial charge >= 0.3 is 5.97 Å². The fourth-order valence-electron chi connectivity index (χ4n) is 1.61. The van der Waals surface area contributed by atoms with Gasteiger partial charge in [-0.2, -0.15) is 11.8 Å². The number of aliphatic hydroxyl groups is 1. The smallest absolute Gasteiger partial charge is 0.335 e. The third-order valence-electron chi connectivity index (χ3n) is 2.56. The van der Waals surface area contributed by atoms with Crippen molar-refractivity contribution < 1.29 is 19.9 Å². The van der Waals surface area contributed by atoms with Crippen molar-refractivity contribution in [3.05, 3.63) is 33.9 Å². The van der Waals surface area contributed by atoms with Crippen LogP contribution in [-0.4, -0.2) is 45.3 Å². The van der Waals surface area contributed by atoms with Crippen molar-refractivity contribution in [2.75, 3.05) is 23.9 Å². The van der Waals surface area contributed by atoms with Crippen molar-refractivity contribution in [2.45, 2.75) is 12.5 Å².